The van der Waals surface area contributed by atoms with E-state index >= 15 is 0 Å². The van der Waals surface area contributed by atoms with Crippen LogP contribution in [0.3, 0.4) is 0 Å². The molecule has 3 N–H and O–H groups in total. The lowest BCUT2D eigenvalue weighted by atomic mass is 10.4. The van der Waals surface area contributed by atoms with Crippen molar-refractivity contribution in [3.63, 3.8) is 0 Å². The number of halogens is 1. The van der Waals surface area contributed by atoms with Crippen LogP contribution in [0.15, 0.2) is 21.7 Å². The molecule has 0 spiro atoms. The van der Waals surface area contributed by atoms with E-state index in [1.165, 1.54) is 6.07 Å². The van der Waals surface area contributed by atoms with Crippen LogP contribution in [-0.4, -0.2) is 40.5 Å². The van der Waals surface area contributed by atoms with Crippen LogP contribution in [0.2, 0.25) is 0 Å². The second-order valence-corrected chi connectivity index (χ2v) is 6.80. The molecule has 9 heteroatoms. The van der Waals surface area contributed by atoms with Gasteiger partial charge in [0, 0.05) is 13.1 Å². The monoisotopic (exact) mass is 341 g/mol. The van der Waals surface area contributed by atoms with E-state index in [4.69, 9.17) is 0 Å². The van der Waals surface area contributed by atoms with Crippen molar-refractivity contribution in [3.8, 4) is 0 Å². The predicted molar refractivity (Wildman–Crippen MR) is 82.9 cm³/mol. The first kappa shape index (κ1) is 19.3. The van der Waals surface area contributed by atoms with Crippen LogP contribution in [0.4, 0.5) is 0 Å². The number of rotatable bonds is 9. The summed E-state index contributed by atoms with van der Waals surface area (Å²) in [5.41, 5.74) is 0. The van der Waals surface area contributed by atoms with Crippen molar-refractivity contribution in [1.82, 2.24) is 15.4 Å². The minimum atomic E-state index is -3.56. The highest BCUT2D eigenvalue weighted by Crippen LogP contribution is 2.14. The average molecular weight is 342 g/mol. The number of hydrogen-bond acceptors (Lipinski definition) is 5. The summed E-state index contributed by atoms with van der Waals surface area (Å²) < 4.78 is 25.9. The Kier molecular flexibility index (Phi) is 9.78. The summed E-state index contributed by atoms with van der Waals surface area (Å²) in [4.78, 5) is 11.4. The zero-order valence-corrected chi connectivity index (χ0v) is 13.7. The summed E-state index contributed by atoms with van der Waals surface area (Å²) in [7, 11) is -3.56. The lowest BCUT2D eigenvalue weighted by Crippen LogP contribution is -2.39. The maximum atomic E-state index is 11.7. The summed E-state index contributed by atoms with van der Waals surface area (Å²) in [5, 5.41) is 7.44. The molecule has 0 radical (unpaired) electrons. The topological polar surface area (TPSA) is 87.3 Å². The molecule has 0 aliphatic rings. The van der Waals surface area contributed by atoms with Gasteiger partial charge in [-0.05, 0) is 24.4 Å². The molecule has 0 aliphatic heterocycles. The summed E-state index contributed by atoms with van der Waals surface area (Å²) >= 11 is 1.12. The number of nitrogens with one attached hydrogen (secondary N) is 3. The van der Waals surface area contributed by atoms with E-state index < -0.39 is 10.0 Å². The molecule has 6 nitrogen and oxygen atoms in total. The molecule has 0 bridgehead atoms. The van der Waals surface area contributed by atoms with Crippen molar-refractivity contribution in [2.24, 2.45) is 0 Å². The number of hydrogen-bond donors (Lipinski definition) is 3. The number of amides is 1. The maximum absolute atomic E-state index is 11.7. The summed E-state index contributed by atoms with van der Waals surface area (Å²) in [6.45, 7) is 3.89. The normalized spacial score (nSPS) is 10.8. The quantitative estimate of drug-likeness (QED) is 0.573. The standard InChI is InChI=1S/C11H19N3O3S2.ClH/c1-2-5-12-6-7-13-10(15)9-14-19(16,17)11-4-3-8-18-11;/h3-4,8,12,14H,2,5-7,9H2,1H3,(H,13,15);1H. The molecule has 0 aromatic carbocycles. The van der Waals surface area contributed by atoms with Gasteiger partial charge in [-0.25, -0.2) is 13.1 Å². The Hall–Kier alpha value is -0.670. The molecule has 20 heavy (non-hydrogen) atoms. The molecule has 1 amide bonds. The Labute approximate surface area is 129 Å². The lowest BCUT2D eigenvalue weighted by molar-refractivity contribution is -0.119. The first-order valence-electron chi connectivity index (χ1n) is 6.07. The fourth-order valence-corrected chi connectivity index (χ4v) is 3.32. The van der Waals surface area contributed by atoms with Crippen LogP contribution >= 0.6 is 23.7 Å². The first-order chi connectivity index (χ1) is 9.06. The number of thiophene rings is 1. The van der Waals surface area contributed by atoms with Gasteiger partial charge in [0.1, 0.15) is 4.21 Å². The molecular formula is C11H20ClN3O3S2. The molecule has 0 saturated heterocycles. The largest absolute Gasteiger partial charge is 0.354 e. The van der Waals surface area contributed by atoms with Crippen molar-refractivity contribution >= 4 is 39.7 Å². The Morgan fingerprint density at radius 2 is 2.05 bits per heavy atom. The van der Waals surface area contributed by atoms with Gasteiger partial charge in [0.05, 0.1) is 6.54 Å². The number of sulfonamides is 1. The Morgan fingerprint density at radius 3 is 2.65 bits per heavy atom. The van der Waals surface area contributed by atoms with E-state index in [1.54, 1.807) is 11.4 Å². The van der Waals surface area contributed by atoms with Gasteiger partial charge in [0.25, 0.3) is 10.0 Å². The van der Waals surface area contributed by atoms with Crippen LogP contribution in [0, 0.1) is 0 Å². The smallest absolute Gasteiger partial charge is 0.250 e. The predicted octanol–water partition coefficient (Wildman–Crippen LogP) is 0.564. The van der Waals surface area contributed by atoms with Gasteiger partial charge in [-0.3, -0.25) is 4.79 Å². The van der Waals surface area contributed by atoms with Crippen molar-refractivity contribution in [2.75, 3.05) is 26.2 Å². The summed E-state index contributed by atoms with van der Waals surface area (Å²) in [6.07, 6.45) is 1.04. The molecule has 1 aromatic heterocycles. The zero-order chi connectivity index (χ0) is 14.1. The zero-order valence-electron chi connectivity index (χ0n) is 11.2. The number of carbonyl (C=O) groups is 1. The minimum Gasteiger partial charge on any atom is -0.354 e. The van der Waals surface area contributed by atoms with Gasteiger partial charge < -0.3 is 10.6 Å². The van der Waals surface area contributed by atoms with E-state index in [2.05, 4.69) is 22.3 Å². The highest BCUT2D eigenvalue weighted by atomic mass is 35.5. The van der Waals surface area contributed by atoms with E-state index in [1.807, 2.05) is 0 Å². The highest BCUT2D eigenvalue weighted by Gasteiger charge is 2.15. The molecular weight excluding hydrogens is 322 g/mol. The van der Waals surface area contributed by atoms with Crippen molar-refractivity contribution < 1.29 is 13.2 Å². The molecule has 1 aromatic rings. The molecule has 0 fully saturated rings. The third-order valence-corrected chi connectivity index (χ3v) is 5.03. The first-order valence-corrected chi connectivity index (χ1v) is 8.43. The van der Waals surface area contributed by atoms with Gasteiger partial charge in [-0.15, -0.1) is 23.7 Å². The van der Waals surface area contributed by atoms with E-state index in [-0.39, 0.29) is 29.1 Å². The average Bonchev–Trinajstić information content (AvgIpc) is 2.91. The Balaban J connectivity index is 0.00000361. The molecule has 0 unspecified atom stereocenters. The molecule has 116 valence electrons. The second kappa shape index (κ2) is 10.1. The minimum absolute atomic E-state index is 0. The lowest BCUT2D eigenvalue weighted by Gasteiger charge is -2.07. The van der Waals surface area contributed by atoms with Crippen LogP contribution in [0.25, 0.3) is 0 Å². The summed E-state index contributed by atoms with van der Waals surface area (Å²) in [5.74, 6) is -0.335. The third-order valence-electron chi connectivity index (χ3n) is 2.23. The SMILES string of the molecule is CCCNCCNC(=O)CNS(=O)(=O)c1cccs1.Cl. The van der Waals surface area contributed by atoms with Crippen LogP contribution in [0.1, 0.15) is 13.3 Å². The molecule has 0 aliphatic carbocycles. The fraction of sp³-hybridized carbons (Fsp3) is 0.545. The van der Waals surface area contributed by atoms with Gasteiger partial charge in [-0.2, -0.15) is 0 Å². The van der Waals surface area contributed by atoms with E-state index in [0.717, 1.165) is 24.3 Å². The van der Waals surface area contributed by atoms with Gasteiger partial charge >= 0.3 is 0 Å². The highest BCUT2D eigenvalue weighted by molar-refractivity contribution is 7.91. The van der Waals surface area contributed by atoms with Gasteiger partial charge in [-0.1, -0.05) is 13.0 Å². The Bertz CT molecular complexity index is 477. The summed E-state index contributed by atoms with van der Waals surface area (Å²) in [6, 6.07) is 3.15. The molecule has 0 atom stereocenters. The van der Waals surface area contributed by atoms with Crippen LogP contribution in [0.5, 0.6) is 0 Å². The van der Waals surface area contributed by atoms with E-state index in [0.29, 0.717) is 13.1 Å². The Morgan fingerprint density at radius 1 is 1.30 bits per heavy atom. The van der Waals surface area contributed by atoms with Gasteiger partial charge in [0.2, 0.25) is 5.91 Å². The maximum Gasteiger partial charge on any atom is 0.250 e. The molecule has 0 saturated carbocycles. The molecule has 1 rings (SSSR count). The second-order valence-electron chi connectivity index (χ2n) is 3.86. The van der Waals surface area contributed by atoms with Crippen LogP contribution < -0.4 is 15.4 Å². The van der Waals surface area contributed by atoms with E-state index in [9.17, 15) is 13.2 Å². The van der Waals surface area contributed by atoms with Gasteiger partial charge in [0.15, 0.2) is 0 Å². The van der Waals surface area contributed by atoms with Crippen molar-refractivity contribution in [3.05, 3.63) is 17.5 Å². The van der Waals surface area contributed by atoms with Crippen molar-refractivity contribution in [1.29, 1.82) is 0 Å². The third kappa shape index (κ3) is 7.20. The number of carbonyl (C=O) groups excluding carboxylic acids is 1. The van der Waals surface area contributed by atoms with Crippen molar-refractivity contribution in [2.45, 2.75) is 17.6 Å². The fourth-order valence-electron chi connectivity index (χ4n) is 1.30. The molecule has 1 heterocycles. The van der Waals surface area contributed by atoms with Crippen LogP contribution in [-0.2, 0) is 14.8 Å².